The Hall–Kier alpha value is -3.14. The first kappa shape index (κ1) is 20.2. The fourth-order valence-electron chi connectivity index (χ4n) is 2.11. The Kier molecular flexibility index (Phi) is 6.72. The van der Waals surface area contributed by atoms with Gasteiger partial charge in [-0.15, -0.1) is 0 Å². The highest BCUT2D eigenvalue weighted by atomic mass is 79.9. The van der Waals surface area contributed by atoms with Crippen LogP contribution in [0.3, 0.4) is 0 Å². The fourth-order valence-corrected chi connectivity index (χ4v) is 2.57. The number of nitro groups is 1. The number of hydrogen-bond acceptors (Lipinski definition) is 7. The predicted octanol–water partition coefficient (Wildman–Crippen LogP) is 3.02. The topological polar surface area (TPSA) is 126 Å². The zero-order chi connectivity index (χ0) is 20.0. The Labute approximate surface area is 163 Å². The Morgan fingerprint density at radius 3 is 2.63 bits per heavy atom. The van der Waals surface area contributed by atoms with Crippen molar-refractivity contribution < 1.29 is 19.6 Å². The maximum atomic E-state index is 12.1. The molecule has 10 heteroatoms. The van der Waals surface area contributed by atoms with Crippen molar-refractivity contribution in [3.8, 4) is 11.5 Å². The Balaban J connectivity index is 2.00. The molecule has 0 spiro atoms. The summed E-state index contributed by atoms with van der Waals surface area (Å²) in [5.41, 5.74) is 2.66. The van der Waals surface area contributed by atoms with Crippen LogP contribution < -0.4 is 15.5 Å². The molecule has 1 unspecified atom stereocenters. The van der Waals surface area contributed by atoms with Gasteiger partial charge in [0.2, 0.25) is 5.75 Å². The van der Waals surface area contributed by atoms with E-state index in [4.69, 9.17) is 4.74 Å². The standard InChI is InChI=1S/C17H17BrN4O5/c1-10(20-13-3-5-14(27-2)6-4-13)17(24)21-19-9-11-7-12(18)8-15(16(11)23)22(25)26/h3-10,20,23H,1-2H3,(H,21,24). The molecule has 0 bridgehead atoms. The highest BCUT2D eigenvalue weighted by Gasteiger charge is 2.18. The van der Waals surface area contributed by atoms with Gasteiger partial charge in [-0.05, 0) is 37.3 Å². The van der Waals surface area contributed by atoms with Crippen LogP contribution in [0.1, 0.15) is 12.5 Å². The molecule has 9 nitrogen and oxygen atoms in total. The summed E-state index contributed by atoms with van der Waals surface area (Å²) in [5.74, 6) is -0.262. The van der Waals surface area contributed by atoms with E-state index in [1.807, 2.05) is 0 Å². The Morgan fingerprint density at radius 2 is 2.04 bits per heavy atom. The first-order valence-electron chi connectivity index (χ1n) is 7.72. The fraction of sp³-hybridized carbons (Fsp3) is 0.176. The molecule has 1 amide bonds. The van der Waals surface area contributed by atoms with E-state index < -0.39 is 28.3 Å². The van der Waals surface area contributed by atoms with Crippen LogP contribution in [0.15, 0.2) is 46.0 Å². The molecule has 0 saturated heterocycles. The number of phenolic OH excluding ortho intramolecular Hbond substituents is 1. The first-order valence-corrected chi connectivity index (χ1v) is 8.51. The van der Waals surface area contributed by atoms with Gasteiger partial charge in [0.25, 0.3) is 5.91 Å². The molecule has 142 valence electrons. The molecule has 0 aromatic heterocycles. The number of hydrazone groups is 1. The zero-order valence-corrected chi connectivity index (χ0v) is 16.1. The number of anilines is 1. The number of nitro benzene ring substituents is 1. The summed E-state index contributed by atoms with van der Waals surface area (Å²) in [5, 5.41) is 27.6. The van der Waals surface area contributed by atoms with Crippen LogP contribution in [0.2, 0.25) is 0 Å². The monoisotopic (exact) mass is 436 g/mol. The van der Waals surface area contributed by atoms with E-state index in [0.717, 1.165) is 11.9 Å². The number of ether oxygens (including phenoxy) is 1. The van der Waals surface area contributed by atoms with Crippen LogP contribution in [-0.4, -0.2) is 35.3 Å². The minimum Gasteiger partial charge on any atom is -0.502 e. The van der Waals surface area contributed by atoms with Gasteiger partial charge < -0.3 is 15.2 Å². The molecule has 2 aromatic rings. The lowest BCUT2D eigenvalue weighted by Crippen LogP contribution is -2.34. The summed E-state index contributed by atoms with van der Waals surface area (Å²) in [7, 11) is 1.56. The third-order valence-corrected chi connectivity index (χ3v) is 3.98. The second-order valence-corrected chi connectivity index (χ2v) is 6.36. The number of nitrogens with zero attached hydrogens (tertiary/aromatic N) is 2. The maximum Gasteiger partial charge on any atom is 0.312 e. The molecule has 3 N–H and O–H groups in total. The highest BCUT2D eigenvalue weighted by Crippen LogP contribution is 2.32. The van der Waals surface area contributed by atoms with E-state index in [9.17, 15) is 20.0 Å². The van der Waals surface area contributed by atoms with Crippen molar-refractivity contribution in [3.63, 3.8) is 0 Å². The van der Waals surface area contributed by atoms with Crippen molar-refractivity contribution in [2.24, 2.45) is 5.10 Å². The molecule has 0 fully saturated rings. The summed E-state index contributed by atoms with van der Waals surface area (Å²) in [6.45, 7) is 1.65. The number of nitrogens with one attached hydrogen (secondary N) is 2. The predicted molar refractivity (Wildman–Crippen MR) is 104 cm³/mol. The highest BCUT2D eigenvalue weighted by molar-refractivity contribution is 9.10. The summed E-state index contributed by atoms with van der Waals surface area (Å²) in [6, 6.07) is 9.07. The number of amides is 1. The van der Waals surface area contributed by atoms with E-state index in [0.29, 0.717) is 10.2 Å². The van der Waals surface area contributed by atoms with Gasteiger partial charge in [0, 0.05) is 21.8 Å². The number of carbonyl (C=O) groups is 1. The number of hydrogen-bond donors (Lipinski definition) is 3. The van der Waals surface area contributed by atoms with E-state index >= 15 is 0 Å². The summed E-state index contributed by atoms with van der Waals surface area (Å²) in [6.07, 6.45) is 1.13. The maximum absolute atomic E-state index is 12.1. The number of aromatic hydroxyl groups is 1. The van der Waals surface area contributed by atoms with Crippen LogP contribution in [0.4, 0.5) is 11.4 Å². The van der Waals surface area contributed by atoms with Gasteiger partial charge in [-0.1, -0.05) is 15.9 Å². The third kappa shape index (κ3) is 5.42. The van der Waals surface area contributed by atoms with Gasteiger partial charge in [0.15, 0.2) is 0 Å². The molecule has 1 atom stereocenters. The molecule has 27 heavy (non-hydrogen) atoms. The number of carbonyl (C=O) groups excluding carboxylic acids is 1. The van der Waals surface area contributed by atoms with Gasteiger partial charge in [0.1, 0.15) is 11.8 Å². The van der Waals surface area contributed by atoms with E-state index in [-0.39, 0.29) is 5.56 Å². The second-order valence-electron chi connectivity index (χ2n) is 5.45. The van der Waals surface area contributed by atoms with Gasteiger partial charge >= 0.3 is 5.69 Å². The Bertz CT molecular complexity index is 870. The minimum absolute atomic E-state index is 0.0899. The van der Waals surface area contributed by atoms with E-state index in [1.54, 1.807) is 38.3 Å². The van der Waals surface area contributed by atoms with E-state index in [2.05, 4.69) is 31.8 Å². The number of halogens is 1. The van der Waals surface area contributed by atoms with Crippen LogP contribution in [-0.2, 0) is 4.79 Å². The lowest BCUT2D eigenvalue weighted by atomic mass is 10.2. The zero-order valence-electron chi connectivity index (χ0n) is 14.5. The molecule has 2 rings (SSSR count). The number of rotatable bonds is 7. The number of methoxy groups -OCH3 is 1. The molecule has 0 aliphatic heterocycles. The van der Waals surface area contributed by atoms with Crippen molar-refractivity contribution in [2.45, 2.75) is 13.0 Å². The average molecular weight is 437 g/mol. The smallest absolute Gasteiger partial charge is 0.312 e. The minimum atomic E-state index is -0.711. The number of phenols is 1. The molecule has 0 saturated carbocycles. The quantitative estimate of drug-likeness (QED) is 0.347. The molecular formula is C17H17BrN4O5. The van der Waals surface area contributed by atoms with Crippen molar-refractivity contribution in [2.75, 3.05) is 12.4 Å². The molecule has 0 heterocycles. The first-order chi connectivity index (χ1) is 12.8. The summed E-state index contributed by atoms with van der Waals surface area (Å²) in [4.78, 5) is 22.3. The van der Waals surface area contributed by atoms with E-state index in [1.165, 1.54) is 12.1 Å². The SMILES string of the molecule is COc1ccc(NC(C)C(=O)NN=Cc2cc(Br)cc([N+](=O)[O-])c2O)cc1. The average Bonchev–Trinajstić information content (AvgIpc) is 2.64. The second kappa shape index (κ2) is 8.99. The van der Waals surface area contributed by atoms with Crippen molar-refractivity contribution in [1.29, 1.82) is 0 Å². The van der Waals surface area contributed by atoms with Crippen LogP contribution in [0.5, 0.6) is 11.5 Å². The van der Waals surface area contributed by atoms with Crippen molar-refractivity contribution in [1.82, 2.24) is 5.43 Å². The van der Waals surface area contributed by atoms with Gasteiger partial charge in [-0.3, -0.25) is 14.9 Å². The lowest BCUT2D eigenvalue weighted by molar-refractivity contribution is -0.385. The Morgan fingerprint density at radius 1 is 1.37 bits per heavy atom. The summed E-state index contributed by atoms with van der Waals surface area (Å²) >= 11 is 3.12. The molecule has 2 aromatic carbocycles. The largest absolute Gasteiger partial charge is 0.502 e. The molecule has 0 aliphatic carbocycles. The normalized spacial score (nSPS) is 11.8. The third-order valence-electron chi connectivity index (χ3n) is 3.53. The molecular weight excluding hydrogens is 420 g/mol. The van der Waals surface area contributed by atoms with Crippen molar-refractivity contribution >= 4 is 39.4 Å². The van der Waals surface area contributed by atoms with Crippen LogP contribution >= 0.6 is 15.9 Å². The van der Waals surface area contributed by atoms with Crippen LogP contribution in [0.25, 0.3) is 0 Å². The van der Waals surface area contributed by atoms with Crippen molar-refractivity contribution in [3.05, 3.63) is 56.5 Å². The lowest BCUT2D eigenvalue weighted by Gasteiger charge is -2.13. The van der Waals surface area contributed by atoms with Gasteiger partial charge in [-0.25, -0.2) is 5.43 Å². The number of benzene rings is 2. The molecule has 0 radical (unpaired) electrons. The van der Waals surface area contributed by atoms with Gasteiger partial charge in [0.05, 0.1) is 18.2 Å². The van der Waals surface area contributed by atoms with Gasteiger partial charge in [-0.2, -0.15) is 5.10 Å². The molecule has 0 aliphatic rings. The summed E-state index contributed by atoms with van der Waals surface area (Å²) < 4.78 is 5.46. The van der Waals surface area contributed by atoms with Crippen LogP contribution in [0, 0.1) is 10.1 Å².